The first-order valence-electron chi connectivity index (χ1n) is 14.4. The Bertz CT molecular complexity index is 1140. The molecule has 0 saturated carbocycles. The number of likely N-dealkylation sites (tertiary alicyclic amines) is 1. The van der Waals surface area contributed by atoms with Gasteiger partial charge in [0.15, 0.2) is 11.6 Å². The molecule has 11 heteroatoms. The second-order valence-electron chi connectivity index (χ2n) is 12.0. The maximum absolute atomic E-state index is 13.3. The molecule has 42 heavy (non-hydrogen) atoms. The van der Waals surface area contributed by atoms with Crippen molar-refractivity contribution in [1.29, 1.82) is 0 Å². The first-order chi connectivity index (χ1) is 19.6. The van der Waals surface area contributed by atoms with Crippen molar-refractivity contribution in [1.82, 2.24) is 15.5 Å². The minimum atomic E-state index is -0.869. The molecule has 2 rings (SSSR count). The van der Waals surface area contributed by atoms with Gasteiger partial charge in [0.25, 0.3) is 0 Å². The van der Waals surface area contributed by atoms with E-state index in [-0.39, 0.29) is 42.6 Å². The molecule has 1 fully saturated rings. The van der Waals surface area contributed by atoms with Gasteiger partial charge in [-0.2, -0.15) is 0 Å². The smallest absolute Gasteiger partial charge is 0.307 e. The number of rotatable bonds is 14. The van der Waals surface area contributed by atoms with Crippen LogP contribution in [-0.2, 0) is 39.9 Å². The summed E-state index contributed by atoms with van der Waals surface area (Å²) in [7, 11) is 0. The summed E-state index contributed by atoms with van der Waals surface area (Å²) >= 11 is 5.80. The average molecular weight is 606 g/mol. The van der Waals surface area contributed by atoms with Gasteiger partial charge in [0.05, 0.1) is 24.4 Å². The Labute approximate surface area is 253 Å². The molecular formula is C31H44ClN3O7. The molecule has 1 aliphatic heterocycles. The van der Waals surface area contributed by atoms with E-state index in [0.717, 1.165) is 5.56 Å². The van der Waals surface area contributed by atoms with Gasteiger partial charge < -0.3 is 20.3 Å². The summed E-state index contributed by atoms with van der Waals surface area (Å²) in [4.78, 5) is 78.0. The van der Waals surface area contributed by atoms with Gasteiger partial charge in [-0.05, 0) is 52.5 Å². The van der Waals surface area contributed by atoms with Crippen LogP contribution in [0.1, 0.15) is 72.8 Å². The van der Waals surface area contributed by atoms with Crippen molar-refractivity contribution in [3.63, 3.8) is 0 Å². The molecule has 10 nitrogen and oxygen atoms in total. The van der Waals surface area contributed by atoms with Crippen molar-refractivity contribution in [2.24, 2.45) is 11.8 Å². The van der Waals surface area contributed by atoms with Crippen LogP contribution >= 0.6 is 11.6 Å². The third-order valence-electron chi connectivity index (χ3n) is 7.07. The molecule has 0 spiro atoms. The van der Waals surface area contributed by atoms with E-state index < -0.39 is 53.3 Å². The van der Waals surface area contributed by atoms with Crippen LogP contribution < -0.4 is 10.6 Å². The number of hydrogen-bond acceptors (Lipinski definition) is 7. The van der Waals surface area contributed by atoms with Crippen LogP contribution in [0, 0.1) is 11.8 Å². The molecule has 1 saturated heterocycles. The first-order valence-corrected chi connectivity index (χ1v) is 14.9. The number of carbonyl (C=O) groups excluding carboxylic acids is 6. The van der Waals surface area contributed by atoms with Gasteiger partial charge in [0.1, 0.15) is 11.6 Å². The van der Waals surface area contributed by atoms with Gasteiger partial charge in [-0.25, -0.2) is 0 Å². The van der Waals surface area contributed by atoms with Crippen LogP contribution in [0.5, 0.6) is 0 Å². The maximum Gasteiger partial charge on any atom is 0.307 e. The lowest BCUT2D eigenvalue weighted by Gasteiger charge is -2.28. The van der Waals surface area contributed by atoms with Crippen molar-refractivity contribution in [3.05, 3.63) is 35.9 Å². The summed E-state index contributed by atoms with van der Waals surface area (Å²) in [5, 5.41) is 5.40. The van der Waals surface area contributed by atoms with Crippen molar-refractivity contribution >= 4 is 46.9 Å². The highest BCUT2D eigenvalue weighted by atomic mass is 35.5. The minimum Gasteiger partial charge on any atom is -0.460 e. The fourth-order valence-corrected chi connectivity index (χ4v) is 4.96. The van der Waals surface area contributed by atoms with Gasteiger partial charge in [-0.3, -0.25) is 28.8 Å². The van der Waals surface area contributed by atoms with E-state index in [1.54, 1.807) is 34.6 Å². The van der Waals surface area contributed by atoms with Crippen LogP contribution in [0.2, 0.25) is 0 Å². The molecule has 1 aromatic rings. The SMILES string of the molecule is C[C@H](CC(=O)OC(C)(C)C)C(=O)N[C@H](C)C(=O)C[C@@H](C)C(=O)N1CCC[C@H]1C(=O)NC(Cc1ccccc1)C(=O)CCl. The topological polar surface area (TPSA) is 139 Å². The van der Waals surface area contributed by atoms with E-state index in [1.807, 2.05) is 30.3 Å². The van der Waals surface area contributed by atoms with Crippen LogP contribution in [0.4, 0.5) is 0 Å². The molecule has 3 amide bonds. The molecule has 0 radical (unpaired) electrons. The summed E-state index contributed by atoms with van der Waals surface area (Å²) in [6.45, 7) is 10.3. The zero-order chi connectivity index (χ0) is 31.6. The number of halogens is 1. The quantitative estimate of drug-likeness (QED) is 0.245. The summed E-state index contributed by atoms with van der Waals surface area (Å²) in [6, 6.07) is 6.81. The van der Waals surface area contributed by atoms with Crippen molar-refractivity contribution < 1.29 is 33.5 Å². The zero-order valence-corrected chi connectivity index (χ0v) is 26.2. The second-order valence-corrected chi connectivity index (χ2v) is 12.3. The first kappa shape index (κ1) is 34.9. The lowest BCUT2D eigenvalue weighted by Crippen LogP contribution is -2.52. The number of carbonyl (C=O) groups is 6. The number of ether oxygens (including phenoxy) is 1. The number of nitrogens with one attached hydrogen (secondary N) is 2. The van der Waals surface area contributed by atoms with E-state index in [0.29, 0.717) is 19.4 Å². The van der Waals surface area contributed by atoms with Gasteiger partial charge in [-0.15, -0.1) is 11.6 Å². The van der Waals surface area contributed by atoms with Crippen LogP contribution in [0.3, 0.4) is 0 Å². The second kappa shape index (κ2) is 15.8. The van der Waals surface area contributed by atoms with Crippen LogP contribution in [-0.4, -0.2) is 76.3 Å². The Hall–Kier alpha value is -3.27. The Balaban J connectivity index is 1.94. The van der Waals surface area contributed by atoms with Gasteiger partial charge in [0, 0.05) is 24.8 Å². The molecule has 1 unspecified atom stereocenters. The van der Waals surface area contributed by atoms with E-state index in [2.05, 4.69) is 10.6 Å². The molecule has 0 bridgehead atoms. The van der Waals surface area contributed by atoms with Gasteiger partial charge in [-0.1, -0.05) is 44.2 Å². The summed E-state index contributed by atoms with van der Waals surface area (Å²) in [5.74, 6) is -4.09. The maximum atomic E-state index is 13.3. The molecule has 2 N–H and O–H groups in total. The Morgan fingerprint density at radius 1 is 0.952 bits per heavy atom. The molecule has 1 aliphatic rings. The molecule has 1 heterocycles. The Morgan fingerprint density at radius 3 is 2.19 bits per heavy atom. The third-order valence-corrected chi connectivity index (χ3v) is 7.33. The molecule has 5 atom stereocenters. The number of esters is 1. The monoisotopic (exact) mass is 605 g/mol. The predicted molar refractivity (Wildman–Crippen MR) is 159 cm³/mol. The van der Waals surface area contributed by atoms with Crippen LogP contribution in [0.25, 0.3) is 0 Å². The predicted octanol–water partition coefficient (Wildman–Crippen LogP) is 2.98. The largest absolute Gasteiger partial charge is 0.460 e. The fraction of sp³-hybridized carbons (Fsp3) is 0.613. The van der Waals surface area contributed by atoms with Crippen molar-refractivity contribution in [2.75, 3.05) is 12.4 Å². The van der Waals surface area contributed by atoms with Crippen molar-refractivity contribution in [2.45, 2.75) is 97.4 Å². The van der Waals surface area contributed by atoms with Crippen molar-refractivity contribution in [3.8, 4) is 0 Å². The van der Waals surface area contributed by atoms with E-state index in [9.17, 15) is 28.8 Å². The summed E-state index contributed by atoms with van der Waals surface area (Å²) in [5.41, 5.74) is 0.202. The number of alkyl halides is 1. The average Bonchev–Trinajstić information content (AvgIpc) is 3.41. The normalized spacial score (nSPS) is 17.9. The van der Waals surface area contributed by atoms with Gasteiger partial charge >= 0.3 is 5.97 Å². The molecule has 0 aliphatic carbocycles. The minimum absolute atomic E-state index is 0.125. The number of nitrogens with zero attached hydrogens (tertiary/aromatic N) is 1. The van der Waals surface area contributed by atoms with Crippen LogP contribution in [0.15, 0.2) is 30.3 Å². The molecule has 0 aromatic heterocycles. The Kier molecular flexibility index (Phi) is 13.2. The number of ketones is 2. The number of amides is 3. The number of benzene rings is 1. The zero-order valence-electron chi connectivity index (χ0n) is 25.4. The highest BCUT2D eigenvalue weighted by molar-refractivity contribution is 6.28. The standard InChI is InChI=1S/C31H44ClN3O7/c1-19(16-27(38)42-31(4,5)6)28(39)33-21(3)25(36)15-20(2)30(41)35-14-10-13-24(35)29(40)34-23(26(37)18-32)17-22-11-8-7-9-12-22/h7-9,11-12,19-21,23-24H,10,13-18H2,1-6H3,(H,33,39)(H,34,40)/t19-,20-,21-,23?,24+/m1/s1. The van der Waals surface area contributed by atoms with E-state index in [4.69, 9.17) is 16.3 Å². The lowest BCUT2D eigenvalue weighted by atomic mass is 9.98. The lowest BCUT2D eigenvalue weighted by molar-refractivity contribution is -0.157. The molecular weight excluding hydrogens is 562 g/mol. The van der Waals surface area contributed by atoms with E-state index >= 15 is 0 Å². The highest BCUT2D eigenvalue weighted by Gasteiger charge is 2.38. The number of Topliss-reactive ketones (excluding diaryl/α,β-unsaturated/α-hetero) is 2. The third kappa shape index (κ3) is 10.9. The number of hydrogen-bond donors (Lipinski definition) is 2. The molecule has 232 valence electrons. The molecule has 1 aromatic carbocycles. The van der Waals surface area contributed by atoms with Gasteiger partial charge in [0.2, 0.25) is 17.7 Å². The summed E-state index contributed by atoms with van der Waals surface area (Å²) < 4.78 is 5.25. The van der Waals surface area contributed by atoms with E-state index in [1.165, 1.54) is 11.8 Å². The highest BCUT2D eigenvalue weighted by Crippen LogP contribution is 2.22. The Morgan fingerprint density at radius 2 is 1.60 bits per heavy atom. The fourth-order valence-electron chi connectivity index (χ4n) is 4.77. The summed E-state index contributed by atoms with van der Waals surface area (Å²) in [6.07, 6.45) is 1.07.